The fourth-order valence-corrected chi connectivity index (χ4v) is 2.21. The molecule has 0 spiro atoms. The van der Waals surface area contributed by atoms with Gasteiger partial charge in [0.25, 0.3) is 0 Å². The molecule has 0 aliphatic carbocycles. The summed E-state index contributed by atoms with van der Waals surface area (Å²) in [5.74, 6) is 0.785. The third-order valence-electron chi connectivity index (χ3n) is 3.41. The van der Waals surface area contributed by atoms with Crippen LogP contribution in [0.1, 0.15) is 12.0 Å². The molecule has 0 saturated heterocycles. The van der Waals surface area contributed by atoms with E-state index in [1.807, 2.05) is 24.3 Å². The third-order valence-corrected chi connectivity index (χ3v) is 3.41. The van der Waals surface area contributed by atoms with E-state index >= 15 is 0 Å². The standard InChI is InChI=1S/C17H16N2O3/c1-21-14-6-2-12(3-7-14)4-9-17(20)19-13-5-8-16-15(10-13)18-11-22-16/h2-3,5-8,10-11H,4,9H2,1H3,(H,19,20). The average Bonchev–Trinajstić information content (AvgIpc) is 3.01. The van der Waals surface area contributed by atoms with Crippen LogP contribution < -0.4 is 10.1 Å². The number of nitrogens with one attached hydrogen (secondary N) is 1. The van der Waals surface area contributed by atoms with Gasteiger partial charge >= 0.3 is 0 Å². The Morgan fingerprint density at radius 3 is 2.82 bits per heavy atom. The lowest BCUT2D eigenvalue weighted by Crippen LogP contribution is -2.12. The predicted octanol–water partition coefficient (Wildman–Crippen LogP) is 3.41. The zero-order valence-electron chi connectivity index (χ0n) is 12.2. The van der Waals surface area contributed by atoms with E-state index in [2.05, 4.69) is 10.3 Å². The van der Waals surface area contributed by atoms with Crippen LogP contribution in [0.2, 0.25) is 0 Å². The Bertz CT molecular complexity index is 778. The van der Waals surface area contributed by atoms with Gasteiger partial charge in [-0.15, -0.1) is 0 Å². The Hall–Kier alpha value is -2.82. The number of aromatic nitrogens is 1. The van der Waals surface area contributed by atoms with Crippen molar-refractivity contribution in [1.82, 2.24) is 4.98 Å². The SMILES string of the molecule is COc1ccc(CCC(=O)Nc2ccc3ocnc3c2)cc1. The number of amides is 1. The normalized spacial score (nSPS) is 10.6. The summed E-state index contributed by atoms with van der Waals surface area (Å²) >= 11 is 0. The van der Waals surface area contributed by atoms with Gasteiger partial charge in [-0.2, -0.15) is 0 Å². The van der Waals surface area contributed by atoms with Crippen molar-refractivity contribution in [1.29, 1.82) is 0 Å². The van der Waals surface area contributed by atoms with Gasteiger partial charge in [0, 0.05) is 12.1 Å². The maximum absolute atomic E-state index is 12.0. The Balaban J connectivity index is 1.57. The van der Waals surface area contributed by atoms with Crippen LogP contribution >= 0.6 is 0 Å². The number of hydrogen-bond donors (Lipinski definition) is 1. The van der Waals surface area contributed by atoms with E-state index in [9.17, 15) is 4.79 Å². The molecule has 3 aromatic rings. The van der Waals surface area contributed by atoms with Gasteiger partial charge in [-0.3, -0.25) is 4.79 Å². The fourth-order valence-electron chi connectivity index (χ4n) is 2.21. The first-order valence-corrected chi connectivity index (χ1v) is 7.00. The molecule has 0 atom stereocenters. The van der Waals surface area contributed by atoms with E-state index in [-0.39, 0.29) is 5.91 Å². The smallest absolute Gasteiger partial charge is 0.224 e. The van der Waals surface area contributed by atoms with Gasteiger partial charge in [-0.1, -0.05) is 12.1 Å². The van der Waals surface area contributed by atoms with Crippen molar-refractivity contribution in [3.05, 3.63) is 54.4 Å². The van der Waals surface area contributed by atoms with Crippen LogP contribution in [-0.4, -0.2) is 18.0 Å². The number of anilines is 1. The molecule has 22 heavy (non-hydrogen) atoms. The molecule has 0 aliphatic heterocycles. The summed E-state index contributed by atoms with van der Waals surface area (Å²) in [6.45, 7) is 0. The van der Waals surface area contributed by atoms with Crippen LogP contribution in [-0.2, 0) is 11.2 Å². The summed E-state index contributed by atoms with van der Waals surface area (Å²) in [7, 11) is 1.63. The van der Waals surface area contributed by atoms with Crippen molar-refractivity contribution in [2.75, 3.05) is 12.4 Å². The number of methoxy groups -OCH3 is 1. The first-order chi connectivity index (χ1) is 10.7. The minimum Gasteiger partial charge on any atom is -0.497 e. The van der Waals surface area contributed by atoms with Crippen LogP contribution in [0.15, 0.2) is 53.3 Å². The Kier molecular flexibility index (Phi) is 4.05. The van der Waals surface area contributed by atoms with Gasteiger partial charge in [-0.25, -0.2) is 4.98 Å². The Morgan fingerprint density at radius 2 is 2.05 bits per heavy atom. The highest BCUT2D eigenvalue weighted by atomic mass is 16.5. The second kappa shape index (κ2) is 6.30. The molecule has 112 valence electrons. The number of benzene rings is 2. The number of carbonyl (C=O) groups excluding carboxylic acids is 1. The Labute approximate surface area is 127 Å². The largest absolute Gasteiger partial charge is 0.497 e. The average molecular weight is 296 g/mol. The number of rotatable bonds is 5. The monoisotopic (exact) mass is 296 g/mol. The lowest BCUT2D eigenvalue weighted by molar-refractivity contribution is -0.116. The van der Waals surface area contributed by atoms with Crippen LogP contribution in [0, 0.1) is 0 Å². The molecule has 1 amide bonds. The molecule has 0 bridgehead atoms. The van der Waals surface area contributed by atoms with E-state index in [0.29, 0.717) is 18.4 Å². The molecule has 0 aliphatic rings. The summed E-state index contributed by atoms with van der Waals surface area (Å²) < 4.78 is 10.3. The van der Waals surface area contributed by atoms with E-state index in [4.69, 9.17) is 9.15 Å². The van der Waals surface area contributed by atoms with Gasteiger partial charge in [0.05, 0.1) is 7.11 Å². The number of hydrogen-bond acceptors (Lipinski definition) is 4. The molecule has 5 heteroatoms. The molecule has 2 aromatic carbocycles. The first kappa shape index (κ1) is 14.1. The summed E-state index contributed by atoms with van der Waals surface area (Å²) in [6, 6.07) is 13.1. The topological polar surface area (TPSA) is 64.4 Å². The van der Waals surface area contributed by atoms with Crippen molar-refractivity contribution in [3.63, 3.8) is 0 Å². The van der Waals surface area contributed by atoms with Crippen molar-refractivity contribution < 1.29 is 13.9 Å². The van der Waals surface area contributed by atoms with E-state index in [1.54, 1.807) is 25.3 Å². The molecule has 3 rings (SSSR count). The molecular formula is C17H16N2O3. The number of carbonyl (C=O) groups is 1. The second-order valence-corrected chi connectivity index (χ2v) is 4.93. The quantitative estimate of drug-likeness (QED) is 0.783. The highest BCUT2D eigenvalue weighted by molar-refractivity contribution is 5.92. The summed E-state index contributed by atoms with van der Waals surface area (Å²) in [5.41, 5.74) is 3.26. The number of aryl methyl sites for hydroxylation is 1. The molecule has 1 aromatic heterocycles. The van der Waals surface area contributed by atoms with Gasteiger partial charge in [0.1, 0.15) is 11.3 Å². The highest BCUT2D eigenvalue weighted by Crippen LogP contribution is 2.18. The molecule has 1 N–H and O–H groups in total. The molecule has 5 nitrogen and oxygen atoms in total. The van der Waals surface area contributed by atoms with Crippen molar-refractivity contribution >= 4 is 22.7 Å². The van der Waals surface area contributed by atoms with E-state index < -0.39 is 0 Å². The highest BCUT2D eigenvalue weighted by Gasteiger charge is 2.05. The maximum Gasteiger partial charge on any atom is 0.224 e. The maximum atomic E-state index is 12.0. The summed E-state index contributed by atoms with van der Waals surface area (Å²) in [5, 5.41) is 2.87. The number of nitrogens with zero attached hydrogens (tertiary/aromatic N) is 1. The van der Waals surface area contributed by atoms with Gasteiger partial charge in [0.2, 0.25) is 5.91 Å². The van der Waals surface area contributed by atoms with E-state index in [0.717, 1.165) is 22.5 Å². The molecule has 1 heterocycles. The minimum atomic E-state index is -0.0290. The molecular weight excluding hydrogens is 280 g/mol. The number of ether oxygens (including phenoxy) is 1. The van der Waals surface area contributed by atoms with Gasteiger partial charge < -0.3 is 14.5 Å². The minimum absolute atomic E-state index is 0.0290. The predicted molar refractivity (Wildman–Crippen MR) is 84.0 cm³/mol. The fraction of sp³-hybridized carbons (Fsp3) is 0.176. The molecule has 0 radical (unpaired) electrons. The molecule has 0 unspecified atom stereocenters. The van der Waals surface area contributed by atoms with Crippen LogP contribution in [0.5, 0.6) is 5.75 Å². The van der Waals surface area contributed by atoms with Gasteiger partial charge in [0.15, 0.2) is 12.0 Å². The number of oxazole rings is 1. The van der Waals surface area contributed by atoms with Crippen LogP contribution in [0.3, 0.4) is 0 Å². The van der Waals surface area contributed by atoms with Crippen molar-refractivity contribution in [2.24, 2.45) is 0 Å². The Morgan fingerprint density at radius 1 is 1.23 bits per heavy atom. The molecule has 0 saturated carbocycles. The third kappa shape index (κ3) is 3.25. The lowest BCUT2D eigenvalue weighted by atomic mass is 10.1. The summed E-state index contributed by atoms with van der Waals surface area (Å²) in [6.07, 6.45) is 2.49. The number of fused-ring (bicyclic) bond motifs is 1. The summed E-state index contributed by atoms with van der Waals surface area (Å²) in [4.78, 5) is 16.1. The van der Waals surface area contributed by atoms with Gasteiger partial charge in [-0.05, 0) is 42.3 Å². The van der Waals surface area contributed by atoms with Crippen molar-refractivity contribution in [2.45, 2.75) is 12.8 Å². The van der Waals surface area contributed by atoms with Crippen LogP contribution in [0.4, 0.5) is 5.69 Å². The molecule has 0 fully saturated rings. The lowest BCUT2D eigenvalue weighted by Gasteiger charge is -2.06. The van der Waals surface area contributed by atoms with E-state index in [1.165, 1.54) is 6.39 Å². The first-order valence-electron chi connectivity index (χ1n) is 7.00. The zero-order chi connectivity index (χ0) is 15.4. The second-order valence-electron chi connectivity index (χ2n) is 4.93. The van der Waals surface area contributed by atoms with Crippen LogP contribution in [0.25, 0.3) is 11.1 Å². The zero-order valence-corrected chi connectivity index (χ0v) is 12.2. The van der Waals surface area contributed by atoms with Crippen molar-refractivity contribution in [3.8, 4) is 5.75 Å².